The van der Waals surface area contributed by atoms with Gasteiger partial charge in [0.25, 0.3) is 0 Å². The van der Waals surface area contributed by atoms with Crippen LogP contribution in [0.15, 0.2) is 24.4 Å². The molecule has 4 rings (SSSR count). The molecule has 3 heterocycles. The first-order valence-corrected chi connectivity index (χ1v) is 9.11. The van der Waals surface area contributed by atoms with Crippen molar-refractivity contribution in [1.82, 2.24) is 20.1 Å². The van der Waals surface area contributed by atoms with Crippen LogP contribution in [0, 0.1) is 0 Å². The minimum atomic E-state index is 0. The number of aromatic amines is 1. The molecule has 25 heavy (non-hydrogen) atoms. The first-order valence-electron chi connectivity index (χ1n) is 8.73. The van der Waals surface area contributed by atoms with Gasteiger partial charge in [-0.1, -0.05) is 11.6 Å². The molecule has 0 unspecified atom stereocenters. The van der Waals surface area contributed by atoms with Gasteiger partial charge in [0.1, 0.15) is 0 Å². The van der Waals surface area contributed by atoms with Crippen molar-refractivity contribution in [2.24, 2.45) is 0 Å². The number of rotatable bonds is 4. The van der Waals surface area contributed by atoms with Crippen molar-refractivity contribution in [2.45, 2.75) is 25.3 Å². The van der Waals surface area contributed by atoms with E-state index >= 15 is 0 Å². The predicted octanol–water partition coefficient (Wildman–Crippen LogP) is 3.28. The third-order valence-electron chi connectivity index (χ3n) is 5.31. The molecule has 2 aromatic rings. The molecule has 7 heteroatoms. The molecule has 5 nitrogen and oxygen atoms in total. The van der Waals surface area contributed by atoms with Crippen LogP contribution in [0.25, 0.3) is 10.9 Å². The first-order chi connectivity index (χ1) is 11.7. The summed E-state index contributed by atoms with van der Waals surface area (Å²) in [6.45, 7) is 4.84. The number of aromatic nitrogens is 1. The first kappa shape index (κ1) is 18.4. The summed E-state index contributed by atoms with van der Waals surface area (Å²) in [5, 5.41) is 4.92. The summed E-state index contributed by atoms with van der Waals surface area (Å²) in [6.07, 6.45) is 5.28. The summed E-state index contributed by atoms with van der Waals surface area (Å²) in [7, 11) is 0. The van der Waals surface area contributed by atoms with Gasteiger partial charge in [-0.2, -0.15) is 0 Å². The fourth-order valence-corrected chi connectivity index (χ4v) is 4.10. The van der Waals surface area contributed by atoms with Crippen molar-refractivity contribution in [3.05, 3.63) is 35.0 Å². The van der Waals surface area contributed by atoms with Crippen LogP contribution in [0.2, 0.25) is 5.02 Å². The van der Waals surface area contributed by atoms with Gasteiger partial charge < -0.3 is 20.1 Å². The minimum Gasteiger partial charge on any atom is -0.361 e. The Morgan fingerprint density at radius 2 is 2.00 bits per heavy atom. The molecule has 0 atom stereocenters. The van der Waals surface area contributed by atoms with Crippen LogP contribution in [0.4, 0.5) is 4.79 Å². The van der Waals surface area contributed by atoms with Crippen molar-refractivity contribution in [3.8, 4) is 0 Å². The third kappa shape index (κ3) is 3.89. The average Bonchev–Trinajstić information content (AvgIpc) is 3.19. The van der Waals surface area contributed by atoms with Gasteiger partial charge in [0.2, 0.25) is 0 Å². The van der Waals surface area contributed by atoms with Crippen molar-refractivity contribution < 1.29 is 4.79 Å². The van der Waals surface area contributed by atoms with Gasteiger partial charge in [-0.05, 0) is 43.0 Å². The van der Waals surface area contributed by atoms with Crippen molar-refractivity contribution in [3.63, 3.8) is 0 Å². The highest BCUT2D eigenvalue weighted by Crippen LogP contribution is 2.24. The van der Waals surface area contributed by atoms with E-state index in [1.165, 1.54) is 10.9 Å². The predicted molar refractivity (Wildman–Crippen MR) is 104 cm³/mol. The number of nitrogens with zero attached hydrogens (tertiary/aromatic N) is 2. The Morgan fingerprint density at radius 1 is 1.20 bits per heavy atom. The molecule has 2 aliphatic rings. The Hall–Kier alpha value is -1.43. The zero-order valence-electron chi connectivity index (χ0n) is 14.1. The summed E-state index contributed by atoms with van der Waals surface area (Å²) >= 11 is 6.12. The molecule has 2 amide bonds. The fraction of sp³-hybridized carbons (Fsp3) is 0.500. The second-order valence-corrected chi connectivity index (χ2v) is 7.19. The third-order valence-corrected chi connectivity index (χ3v) is 5.55. The van der Waals surface area contributed by atoms with E-state index in [1.807, 2.05) is 23.1 Å². The molecule has 2 N–H and O–H groups in total. The lowest BCUT2D eigenvalue weighted by Crippen LogP contribution is -2.46. The van der Waals surface area contributed by atoms with Crippen molar-refractivity contribution in [1.29, 1.82) is 0 Å². The normalized spacial score (nSPS) is 19.2. The van der Waals surface area contributed by atoms with Crippen molar-refractivity contribution >= 4 is 40.9 Å². The molecular formula is C18H24Cl2N4O. The summed E-state index contributed by atoms with van der Waals surface area (Å²) < 4.78 is 0. The molecule has 0 spiro atoms. The maximum Gasteiger partial charge on any atom is 0.317 e. The molecule has 2 fully saturated rings. The number of amides is 2. The molecule has 1 aromatic heterocycles. The van der Waals surface area contributed by atoms with Gasteiger partial charge in [0, 0.05) is 60.9 Å². The number of nitrogens with one attached hydrogen (secondary N) is 2. The average molecular weight is 383 g/mol. The number of carbonyl (C=O) groups excluding carboxylic acids is 1. The number of benzene rings is 1. The molecular weight excluding hydrogens is 359 g/mol. The van der Waals surface area contributed by atoms with Crippen molar-refractivity contribution in [2.75, 3.05) is 32.7 Å². The van der Waals surface area contributed by atoms with Gasteiger partial charge in [0.15, 0.2) is 0 Å². The van der Waals surface area contributed by atoms with E-state index in [4.69, 9.17) is 11.6 Å². The molecule has 0 bridgehead atoms. The van der Waals surface area contributed by atoms with Crippen LogP contribution in [-0.2, 0) is 6.42 Å². The second kappa shape index (κ2) is 7.85. The molecule has 2 saturated heterocycles. The number of hydrogen-bond donors (Lipinski definition) is 2. The number of fused-ring (bicyclic) bond motifs is 1. The lowest BCUT2D eigenvalue weighted by atomic mass is 10.0. The van der Waals surface area contributed by atoms with E-state index in [9.17, 15) is 4.79 Å². The highest BCUT2D eigenvalue weighted by atomic mass is 35.5. The number of likely N-dealkylation sites (tertiary alicyclic amines) is 1. The van der Waals surface area contributed by atoms with Crippen LogP contribution in [0.5, 0.6) is 0 Å². The maximum absolute atomic E-state index is 11.8. The number of hydrogen-bond acceptors (Lipinski definition) is 2. The monoisotopic (exact) mass is 382 g/mol. The Kier molecular flexibility index (Phi) is 5.77. The van der Waals surface area contributed by atoms with E-state index in [0.29, 0.717) is 6.04 Å². The van der Waals surface area contributed by atoms with Gasteiger partial charge in [0.05, 0.1) is 0 Å². The van der Waals surface area contributed by atoms with Crippen LogP contribution in [-0.4, -0.2) is 59.6 Å². The quantitative estimate of drug-likeness (QED) is 0.852. The second-order valence-electron chi connectivity index (χ2n) is 6.75. The van der Waals surface area contributed by atoms with Crippen LogP contribution < -0.4 is 5.32 Å². The topological polar surface area (TPSA) is 51.4 Å². The summed E-state index contributed by atoms with van der Waals surface area (Å²) in [5.41, 5.74) is 2.47. The summed E-state index contributed by atoms with van der Waals surface area (Å²) in [4.78, 5) is 19.6. The van der Waals surface area contributed by atoms with Crippen LogP contribution in [0.3, 0.4) is 0 Å². The Bertz CT molecular complexity index is 740. The van der Waals surface area contributed by atoms with Gasteiger partial charge in [-0.25, -0.2) is 4.79 Å². The molecule has 0 saturated carbocycles. The van der Waals surface area contributed by atoms with E-state index in [-0.39, 0.29) is 18.4 Å². The Morgan fingerprint density at radius 3 is 2.72 bits per heavy atom. The molecule has 0 aliphatic carbocycles. The zero-order chi connectivity index (χ0) is 16.5. The smallest absolute Gasteiger partial charge is 0.317 e. The largest absolute Gasteiger partial charge is 0.361 e. The molecule has 136 valence electrons. The fourth-order valence-electron chi connectivity index (χ4n) is 3.93. The van der Waals surface area contributed by atoms with E-state index in [1.54, 1.807) is 0 Å². The zero-order valence-corrected chi connectivity index (χ0v) is 15.7. The standard InChI is InChI=1S/C18H23ClN4O.ClH/c19-14-1-2-17-16(11-14)13(12-21-17)3-7-22-8-4-15(5-9-22)23-10-6-20-18(23)24;/h1-2,11-12,15,21H,3-10H2,(H,20,24);1H. The SMILES string of the molecule is Cl.O=C1NCCN1C1CCN(CCc2c[nH]c3ccc(Cl)cc23)CC1. The summed E-state index contributed by atoms with van der Waals surface area (Å²) in [5.74, 6) is 0. The number of urea groups is 1. The minimum absolute atomic E-state index is 0. The summed E-state index contributed by atoms with van der Waals surface area (Å²) in [6, 6.07) is 6.53. The van der Waals surface area contributed by atoms with Gasteiger partial charge in [-0.3, -0.25) is 0 Å². The highest BCUT2D eigenvalue weighted by Gasteiger charge is 2.30. The number of H-pyrrole nitrogens is 1. The Balaban J connectivity index is 0.00000182. The van der Waals surface area contributed by atoms with Crippen LogP contribution in [0.1, 0.15) is 18.4 Å². The van der Waals surface area contributed by atoms with Crippen LogP contribution >= 0.6 is 24.0 Å². The van der Waals surface area contributed by atoms with Gasteiger partial charge >= 0.3 is 6.03 Å². The number of carbonyl (C=O) groups is 1. The molecule has 1 aromatic carbocycles. The van der Waals surface area contributed by atoms with E-state index in [2.05, 4.69) is 21.4 Å². The lowest BCUT2D eigenvalue weighted by molar-refractivity contribution is 0.137. The number of halogens is 2. The van der Waals surface area contributed by atoms with E-state index in [0.717, 1.165) is 62.5 Å². The highest BCUT2D eigenvalue weighted by molar-refractivity contribution is 6.31. The number of piperidine rings is 1. The maximum atomic E-state index is 11.8. The van der Waals surface area contributed by atoms with Gasteiger partial charge in [-0.15, -0.1) is 12.4 Å². The molecule has 0 radical (unpaired) electrons. The molecule has 2 aliphatic heterocycles. The lowest BCUT2D eigenvalue weighted by Gasteiger charge is -2.36. The Labute approximate surface area is 159 Å². The van der Waals surface area contributed by atoms with E-state index < -0.39 is 0 Å².